The maximum absolute atomic E-state index is 13.5. The van der Waals surface area contributed by atoms with Gasteiger partial charge in [-0.1, -0.05) is 0 Å². The van der Waals surface area contributed by atoms with E-state index < -0.39 is 12.0 Å². The van der Waals surface area contributed by atoms with Crippen molar-refractivity contribution in [3.8, 4) is 0 Å². The molecule has 15 heavy (non-hydrogen) atoms. The van der Waals surface area contributed by atoms with Gasteiger partial charge >= 0.3 is 6.03 Å². The fraction of sp³-hybridized carbons (Fsp3) is 0.900. The van der Waals surface area contributed by atoms with Gasteiger partial charge in [-0.25, -0.2) is 13.6 Å². The highest BCUT2D eigenvalue weighted by Gasteiger charge is 2.55. The number of rotatable bonds is 1. The molecule has 0 spiro atoms. The number of amides is 2. The minimum absolute atomic E-state index is 0.0195. The first-order valence-electron chi connectivity index (χ1n) is 5.40. The molecule has 1 aliphatic carbocycles. The predicted octanol–water partition coefficient (Wildman–Crippen LogP) is 1.98. The van der Waals surface area contributed by atoms with E-state index in [0.29, 0.717) is 12.8 Å². The van der Waals surface area contributed by atoms with Gasteiger partial charge in [-0.2, -0.15) is 0 Å². The molecule has 0 aromatic rings. The number of hydrogen-bond acceptors (Lipinski definition) is 1. The van der Waals surface area contributed by atoms with E-state index in [0.717, 1.165) is 0 Å². The highest BCUT2D eigenvalue weighted by molar-refractivity contribution is 5.78. The fourth-order valence-electron chi connectivity index (χ4n) is 2.63. The molecule has 5 heteroatoms. The maximum atomic E-state index is 13.5. The minimum Gasteiger partial charge on any atom is -0.327 e. The molecule has 2 amide bonds. The number of carbonyl (C=O) groups excluding carboxylic acids is 1. The van der Waals surface area contributed by atoms with Crippen molar-refractivity contribution in [2.45, 2.75) is 57.2 Å². The Kier molecular flexibility index (Phi) is 2.35. The van der Waals surface area contributed by atoms with Crippen LogP contribution in [0.2, 0.25) is 0 Å². The number of urea groups is 1. The molecule has 2 fully saturated rings. The molecule has 1 aliphatic heterocycles. The average molecular weight is 218 g/mol. The highest BCUT2D eigenvalue weighted by atomic mass is 19.3. The summed E-state index contributed by atoms with van der Waals surface area (Å²) in [4.78, 5) is 13.1. The summed E-state index contributed by atoms with van der Waals surface area (Å²) in [7, 11) is 0. The third-order valence-corrected chi connectivity index (χ3v) is 3.28. The van der Waals surface area contributed by atoms with Crippen molar-refractivity contribution in [1.82, 2.24) is 10.2 Å². The van der Waals surface area contributed by atoms with Gasteiger partial charge in [0.05, 0.1) is 6.04 Å². The summed E-state index contributed by atoms with van der Waals surface area (Å²) in [6.07, 6.45) is 1.06. The van der Waals surface area contributed by atoms with Crippen LogP contribution in [0.1, 0.15) is 33.1 Å². The van der Waals surface area contributed by atoms with E-state index in [9.17, 15) is 13.6 Å². The molecule has 2 rings (SSSR count). The number of fused-ring (bicyclic) bond motifs is 1. The summed E-state index contributed by atoms with van der Waals surface area (Å²) in [5.41, 5.74) is 0. The van der Waals surface area contributed by atoms with Crippen LogP contribution in [0.3, 0.4) is 0 Å². The highest BCUT2D eigenvalue weighted by Crippen LogP contribution is 2.39. The summed E-state index contributed by atoms with van der Waals surface area (Å²) < 4.78 is 27.1. The Hall–Kier alpha value is -0.870. The Morgan fingerprint density at radius 1 is 1.53 bits per heavy atom. The van der Waals surface area contributed by atoms with E-state index in [-0.39, 0.29) is 24.5 Å². The monoisotopic (exact) mass is 218 g/mol. The Balaban J connectivity index is 2.24. The van der Waals surface area contributed by atoms with Crippen LogP contribution in [-0.2, 0) is 0 Å². The molecule has 3 nitrogen and oxygen atoms in total. The average Bonchev–Trinajstić information content (AvgIpc) is 2.42. The number of carbonyl (C=O) groups is 1. The molecule has 0 bridgehead atoms. The topological polar surface area (TPSA) is 32.3 Å². The van der Waals surface area contributed by atoms with E-state index in [1.807, 2.05) is 13.8 Å². The van der Waals surface area contributed by atoms with Gasteiger partial charge in [0.2, 0.25) is 0 Å². The van der Waals surface area contributed by atoms with E-state index >= 15 is 0 Å². The standard InChI is InChI=1S/C10H16F2N2O/c1-6(2)14-7-4-3-5-10(11,12)8(7)13-9(14)15/h6-8H,3-5H2,1-2H3,(H,13,15)/t7-,8-/m1/s1. The second-order valence-electron chi connectivity index (χ2n) is 4.65. The van der Waals surface area contributed by atoms with Crippen molar-refractivity contribution in [3.63, 3.8) is 0 Å². The van der Waals surface area contributed by atoms with Crippen LogP contribution in [0.5, 0.6) is 0 Å². The second-order valence-corrected chi connectivity index (χ2v) is 4.65. The zero-order valence-corrected chi connectivity index (χ0v) is 8.96. The molecular weight excluding hydrogens is 202 g/mol. The van der Waals surface area contributed by atoms with Gasteiger partial charge in [-0.05, 0) is 26.7 Å². The van der Waals surface area contributed by atoms with Crippen molar-refractivity contribution >= 4 is 6.03 Å². The van der Waals surface area contributed by atoms with Gasteiger partial charge in [-0.15, -0.1) is 0 Å². The molecule has 1 saturated carbocycles. The van der Waals surface area contributed by atoms with Crippen molar-refractivity contribution in [3.05, 3.63) is 0 Å². The van der Waals surface area contributed by atoms with Crippen molar-refractivity contribution in [1.29, 1.82) is 0 Å². The third kappa shape index (κ3) is 1.58. The molecule has 0 unspecified atom stereocenters. The predicted molar refractivity (Wildman–Crippen MR) is 51.9 cm³/mol. The van der Waals surface area contributed by atoms with Crippen LogP contribution < -0.4 is 5.32 Å². The number of halogens is 2. The van der Waals surface area contributed by atoms with Crippen molar-refractivity contribution < 1.29 is 13.6 Å². The van der Waals surface area contributed by atoms with Gasteiger partial charge in [0.1, 0.15) is 6.04 Å². The quantitative estimate of drug-likeness (QED) is 0.717. The lowest BCUT2D eigenvalue weighted by atomic mass is 9.87. The first-order chi connectivity index (χ1) is 6.93. The number of alkyl halides is 2. The summed E-state index contributed by atoms with van der Waals surface area (Å²) >= 11 is 0. The molecule has 2 atom stereocenters. The summed E-state index contributed by atoms with van der Waals surface area (Å²) in [5.74, 6) is -2.75. The van der Waals surface area contributed by atoms with Crippen LogP contribution in [-0.4, -0.2) is 35.0 Å². The normalized spacial score (nSPS) is 34.2. The molecule has 1 N–H and O–H groups in total. The zero-order chi connectivity index (χ0) is 11.2. The van der Waals surface area contributed by atoms with E-state index in [1.165, 1.54) is 0 Å². The summed E-state index contributed by atoms with van der Waals surface area (Å²) in [6, 6.07) is -1.68. The smallest absolute Gasteiger partial charge is 0.318 e. The van der Waals surface area contributed by atoms with Crippen LogP contribution >= 0.6 is 0 Å². The van der Waals surface area contributed by atoms with Gasteiger partial charge in [0.15, 0.2) is 0 Å². The Labute approximate surface area is 87.8 Å². The van der Waals surface area contributed by atoms with Gasteiger partial charge < -0.3 is 10.2 Å². The molecule has 0 radical (unpaired) electrons. The third-order valence-electron chi connectivity index (χ3n) is 3.28. The lowest BCUT2D eigenvalue weighted by Crippen LogP contribution is -2.52. The van der Waals surface area contributed by atoms with Crippen LogP contribution in [0.15, 0.2) is 0 Å². The van der Waals surface area contributed by atoms with Crippen LogP contribution in [0.25, 0.3) is 0 Å². The fourth-order valence-corrected chi connectivity index (χ4v) is 2.63. The first-order valence-corrected chi connectivity index (χ1v) is 5.40. The van der Waals surface area contributed by atoms with E-state index in [4.69, 9.17) is 0 Å². The molecule has 1 saturated heterocycles. The molecule has 0 aromatic carbocycles. The van der Waals surface area contributed by atoms with Crippen molar-refractivity contribution in [2.75, 3.05) is 0 Å². The van der Waals surface area contributed by atoms with Crippen molar-refractivity contribution in [2.24, 2.45) is 0 Å². The zero-order valence-electron chi connectivity index (χ0n) is 8.96. The van der Waals surface area contributed by atoms with Crippen LogP contribution in [0, 0.1) is 0 Å². The Morgan fingerprint density at radius 2 is 2.20 bits per heavy atom. The summed E-state index contributed by atoms with van der Waals surface area (Å²) in [6.45, 7) is 3.71. The van der Waals surface area contributed by atoms with Gasteiger partial charge in [0, 0.05) is 12.5 Å². The van der Waals surface area contributed by atoms with Gasteiger partial charge in [0.25, 0.3) is 5.92 Å². The molecule has 0 aromatic heterocycles. The second kappa shape index (κ2) is 3.32. The molecule has 1 heterocycles. The molecule has 86 valence electrons. The van der Waals surface area contributed by atoms with E-state index in [2.05, 4.69) is 5.32 Å². The lowest BCUT2D eigenvalue weighted by Gasteiger charge is -2.36. The minimum atomic E-state index is -2.75. The number of nitrogens with one attached hydrogen (secondary N) is 1. The SMILES string of the molecule is CC(C)N1C(=O)N[C@@H]2[C@H]1CCCC2(F)F. The molecule has 2 aliphatic rings. The van der Waals surface area contributed by atoms with Gasteiger partial charge in [-0.3, -0.25) is 0 Å². The van der Waals surface area contributed by atoms with E-state index in [1.54, 1.807) is 4.90 Å². The first kappa shape index (κ1) is 10.6. The number of nitrogens with zero attached hydrogens (tertiary/aromatic N) is 1. The van der Waals surface area contributed by atoms with Crippen LogP contribution in [0.4, 0.5) is 13.6 Å². The largest absolute Gasteiger partial charge is 0.327 e. The Morgan fingerprint density at radius 3 is 2.80 bits per heavy atom. The molecular formula is C10H16F2N2O. The Bertz CT molecular complexity index is 281. The maximum Gasteiger partial charge on any atom is 0.318 e. The lowest BCUT2D eigenvalue weighted by molar-refractivity contribution is -0.0714. The number of hydrogen-bond donors (Lipinski definition) is 1. The summed E-state index contributed by atoms with van der Waals surface area (Å²) in [5, 5.41) is 2.41.